The van der Waals surface area contributed by atoms with Gasteiger partial charge in [-0.05, 0) is 19.3 Å². The van der Waals surface area contributed by atoms with E-state index >= 15 is 0 Å². The summed E-state index contributed by atoms with van der Waals surface area (Å²) in [5, 5.41) is 3.05. The lowest BCUT2D eigenvalue weighted by Crippen LogP contribution is -2.26. The van der Waals surface area contributed by atoms with Crippen LogP contribution in [0.5, 0.6) is 0 Å². The second kappa shape index (κ2) is 6.90. The Bertz CT molecular complexity index is 166. The quantitative estimate of drug-likeness (QED) is 0.497. The van der Waals surface area contributed by atoms with Crippen molar-refractivity contribution in [2.75, 3.05) is 19.8 Å². The van der Waals surface area contributed by atoms with Gasteiger partial charge in [-0.1, -0.05) is 0 Å². The Morgan fingerprint density at radius 2 is 2.36 bits per heavy atom. The number of nitrogens with one attached hydrogen (secondary N) is 1. The predicted molar refractivity (Wildman–Crippen MR) is 52.0 cm³/mol. The van der Waals surface area contributed by atoms with Crippen molar-refractivity contribution in [2.45, 2.75) is 37.9 Å². The topological polar surface area (TPSA) is 38.3 Å². The van der Waals surface area contributed by atoms with Gasteiger partial charge in [0.25, 0.3) is 0 Å². The van der Waals surface area contributed by atoms with Crippen molar-refractivity contribution in [3.63, 3.8) is 0 Å². The fraction of sp³-hybridized carbons (Fsp3) is 0.900. The average Bonchev–Trinajstić information content (AvgIpc) is 2.58. The molecule has 0 spiro atoms. The molecule has 82 valence electrons. The van der Waals surface area contributed by atoms with Crippen molar-refractivity contribution >= 4 is 6.29 Å². The van der Waals surface area contributed by atoms with E-state index in [4.69, 9.17) is 4.74 Å². The highest BCUT2D eigenvalue weighted by Crippen LogP contribution is 2.10. The van der Waals surface area contributed by atoms with Gasteiger partial charge >= 0.3 is 0 Å². The smallest absolute Gasteiger partial charge is 0.119 e. The Morgan fingerprint density at radius 1 is 1.50 bits per heavy atom. The molecule has 2 atom stereocenters. The lowest BCUT2D eigenvalue weighted by molar-refractivity contribution is -0.108. The van der Waals surface area contributed by atoms with Crippen LogP contribution in [0.25, 0.3) is 0 Å². The minimum atomic E-state index is -0.710. The third kappa shape index (κ3) is 4.67. The summed E-state index contributed by atoms with van der Waals surface area (Å²) in [4.78, 5) is 9.99. The van der Waals surface area contributed by atoms with E-state index in [0.29, 0.717) is 32.6 Å². The number of hydrogen-bond donors (Lipinski definition) is 1. The zero-order valence-electron chi connectivity index (χ0n) is 8.38. The molecule has 3 nitrogen and oxygen atoms in total. The molecule has 0 aromatic rings. The Hall–Kier alpha value is -0.480. The van der Waals surface area contributed by atoms with Gasteiger partial charge in [-0.3, -0.25) is 0 Å². The monoisotopic (exact) mass is 203 g/mol. The SMILES string of the molecule is O=CCCCCOC[C@@H]1C[C@H](F)CN1. The summed E-state index contributed by atoms with van der Waals surface area (Å²) in [6.45, 7) is 1.71. The van der Waals surface area contributed by atoms with Gasteiger partial charge < -0.3 is 14.8 Å². The normalized spacial score (nSPS) is 26.6. The molecule has 0 unspecified atom stereocenters. The minimum Gasteiger partial charge on any atom is -0.380 e. The van der Waals surface area contributed by atoms with Crippen LogP contribution in [-0.4, -0.2) is 38.3 Å². The molecule has 0 amide bonds. The third-order valence-electron chi connectivity index (χ3n) is 2.35. The lowest BCUT2D eigenvalue weighted by atomic mass is 10.2. The first-order valence-corrected chi connectivity index (χ1v) is 5.21. The van der Waals surface area contributed by atoms with Crippen LogP contribution in [0.15, 0.2) is 0 Å². The Balaban J connectivity index is 1.86. The first kappa shape index (κ1) is 11.6. The summed E-state index contributed by atoms with van der Waals surface area (Å²) < 4.78 is 18.1. The maximum atomic E-state index is 12.7. The van der Waals surface area contributed by atoms with Gasteiger partial charge in [0.2, 0.25) is 0 Å². The molecule has 1 aliphatic heterocycles. The molecule has 1 saturated heterocycles. The number of halogens is 1. The molecule has 1 fully saturated rings. The van der Waals surface area contributed by atoms with Gasteiger partial charge in [0, 0.05) is 25.6 Å². The highest BCUT2D eigenvalue weighted by Gasteiger charge is 2.22. The maximum Gasteiger partial charge on any atom is 0.119 e. The molecule has 0 aromatic heterocycles. The van der Waals surface area contributed by atoms with E-state index in [9.17, 15) is 9.18 Å². The van der Waals surface area contributed by atoms with Crippen molar-refractivity contribution in [2.24, 2.45) is 0 Å². The van der Waals surface area contributed by atoms with E-state index in [2.05, 4.69) is 5.32 Å². The number of aldehydes is 1. The van der Waals surface area contributed by atoms with Crippen molar-refractivity contribution in [3.8, 4) is 0 Å². The Morgan fingerprint density at radius 3 is 3.00 bits per heavy atom. The first-order valence-electron chi connectivity index (χ1n) is 5.21. The zero-order chi connectivity index (χ0) is 10.2. The standard InChI is InChI=1S/C10H18FNO2/c11-9-6-10(12-7-9)8-14-5-3-1-2-4-13/h4,9-10,12H,1-3,5-8H2/t9-,10-/m0/s1. The Labute approximate surface area is 84.0 Å². The molecule has 4 heteroatoms. The van der Waals surface area contributed by atoms with Crippen LogP contribution in [-0.2, 0) is 9.53 Å². The van der Waals surface area contributed by atoms with Crippen LogP contribution in [0.4, 0.5) is 4.39 Å². The van der Waals surface area contributed by atoms with Gasteiger partial charge in [-0.15, -0.1) is 0 Å². The summed E-state index contributed by atoms with van der Waals surface area (Å²) in [5.74, 6) is 0. The molecule has 1 N–H and O–H groups in total. The lowest BCUT2D eigenvalue weighted by Gasteiger charge is -2.09. The van der Waals surface area contributed by atoms with E-state index in [0.717, 1.165) is 19.1 Å². The largest absolute Gasteiger partial charge is 0.380 e. The van der Waals surface area contributed by atoms with Crippen LogP contribution in [0, 0.1) is 0 Å². The van der Waals surface area contributed by atoms with E-state index < -0.39 is 6.17 Å². The van der Waals surface area contributed by atoms with Crippen LogP contribution < -0.4 is 5.32 Å². The number of hydrogen-bond acceptors (Lipinski definition) is 3. The van der Waals surface area contributed by atoms with Gasteiger partial charge in [0.1, 0.15) is 12.5 Å². The summed E-state index contributed by atoms with van der Waals surface area (Å²) in [6.07, 6.45) is 3.18. The van der Waals surface area contributed by atoms with Gasteiger partial charge in [0.05, 0.1) is 6.61 Å². The number of carbonyl (C=O) groups excluding carboxylic acids is 1. The average molecular weight is 203 g/mol. The molecule has 1 rings (SSSR count). The fourth-order valence-electron chi connectivity index (χ4n) is 1.55. The number of rotatable bonds is 7. The number of alkyl halides is 1. The number of unbranched alkanes of at least 4 members (excludes halogenated alkanes) is 2. The molecular weight excluding hydrogens is 185 g/mol. The second-order valence-corrected chi connectivity index (χ2v) is 3.68. The molecule has 1 aliphatic rings. The number of carbonyl (C=O) groups is 1. The minimum absolute atomic E-state index is 0.177. The van der Waals surface area contributed by atoms with Gasteiger partial charge in [-0.25, -0.2) is 4.39 Å². The fourth-order valence-corrected chi connectivity index (χ4v) is 1.55. The van der Waals surface area contributed by atoms with Crippen molar-refractivity contribution in [1.82, 2.24) is 5.32 Å². The number of ether oxygens (including phenoxy) is 1. The van der Waals surface area contributed by atoms with Gasteiger partial charge in [0.15, 0.2) is 0 Å². The van der Waals surface area contributed by atoms with Crippen molar-refractivity contribution < 1.29 is 13.9 Å². The maximum absolute atomic E-state index is 12.7. The third-order valence-corrected chi connectivity index (χ3v) is 2.35. The summed E-state index contributed by atoms with van der Waals surface area (Å²) in [6, 6.07) is 0.177. The predicted octanol–water partition coefficient (Wildman–Crippen LogP) is 1.07. The van der Waals surface area contributed by atoms with Crippen LogP contribution in [0.2, 0.25) is 0 Å². The van der Waals surface area contributed by atoms with Crippen LogP contribution in [0.1, 0.15) is 25.7 Å². The summed E-state index contributed by atoms with van der Waals surface area (Å²) in [5.41, 5.74) is 0. The molecular formula is C10H18FNO2. The van der Waals surface area contributed by atoms with Crippen molar-refractivity contribution in [1.29, 1.82) is 0 Å². The molecule has 1 heterocycles. The molecule has 0 aromatic carbocycles. The van der Waals surface area contributed by atoms with Crippen LogP contribution >= 0.6 is 0 Å². The Kier molecular flexibility index (Phi) is 5.71. The van der Waals surface area contributed by atoms with E-state index in [1.54, 1.807) is 0 Å². The van der Waals surface area contributed by atoms with Crippen LogP contribution in [0.3, 0.4) is 0 Å². The first-order chi connectivity index (χ1) is 6.83. The zero-order valence-corrected chi connectivity index (χ0v) is 8.38. The molecule has 14 heavy (non-hydrogen) atoms. The van der Waals surface area contributed by atoms with Crippen molar-refractivity contribution in [3.05, 3.63) is 0 Å². The van der Waals surface area contributed by atoms with E-state index in [1.165, 1.54) is 0 Å². The molecule has 0 radical (unpaired) electrons. The molecule has 0 bridgehead atoms. The van der Waals surface area contributed by atoms with E-state index in [1.807, 2.05) is 0 Å². The highest BCUT2D eigenvalue weighted by molar-refractivity contribution is 5.48. The second-order valence-electron chi connectivity index (χ2n) is 3.68. The molecule has 0 aliphatic carbocycles. The van der Waals surface area contributed by atoms with E-state index in [-0.39, 0.29) is 6.04 Å². The highest BCUT2D eigenvalue weighted by atomic mass is 19.1. The summed E-state index contributed by atoms with van der Waals surface area (Å²) >= 11 is 0. The van der Waals surface area contributed by atoms with Gasteiger partial charge in [-0.2, -0.15) is 0 Å². The summed E-state index contributed by atoms with van der Waals surface area (Å²) in [7, 11) is 0. The molecule has 0 saturated carbocycles.